The summed E-state index contributed by atoms with van der Waals surface area (Å²) >= 11 is 0. The van der Waals surface area contributed by atoms with Crippen LogP contribution in [0.5, 0.6) is 5.75 Å². The fraction of sp³-hybridized carbons (Fsp3) is 0.357. The highest BCUT2D eigenvalue weighted by Crippen LogP contribution is 2.16. The first-order valence-electron chi connectivity index (χ1n) is 6.24. The van der Waals surface area contributed by atoms with Crippen molar-refractivity contribution in [3.8, 4) is 11.8 Å². The van der Waals surface area contributed by atoms with Gasteiger partial charge in [0.1, 0.15) is 12.2 Å². The Hall–Kier alpha value is -2.55. The van der Waals surface area contributed by atoms with Crippen LogP contribution in [0.15, 0.2) is 24.3 Å². The fourth-order valence-electron chi connectivity index (χ4n) is 1.58. The minimum atomic E-state index is -0.302. The molecule has 106 valence electrons. The number of benzene rings is 1. The number of hydrogen-bond donors (Lipinski definition) is 2. The number of methoxy groups -OCH3 is 1. The number of carbonyl (C=O) groups is 2. The highest BCUT2D eigenvalue weighted by molar-refractivity contribution is 5.96. The Balaban J connectivity index is 2.30. The van der Waals surface area contributed by atoms with Gasteiger partial charge < -0.3 is 15.4 Å². The van der Waals surface area contributed by atoms with Gasteiger partial charge in [-0.15, -0.1) is 0 Å². The number of ether oxygens (including phenoxy) is 1. The van der Waals surface area contributed by atoms with Gasteiger partial charge in [0.2, 0.25) is 5.91 Å². The molecule has 20 heavy (non-hydrogen) atoms. The number of nitrogens with one attached hydrogen (secondary N) is 2. The van der Waals surface area contributed by atoms with Crippen molar-refractivity contribution in [3.05, 3.63) is 29.8 Å². The van der Waals surface area contributed by atoms with E-state index >= 15 is 0 Å². The Bertz CT molecular complexity index is 509. The third-order valence-electron chi connectivity index (χ3n) is 2.55. The van der Waals surface area contributed by atoms with E-state index in [0.717, 1.165) is 0 Å². The Morgan fingerprint density at radius 1 is 1.25 bits per heavy atom. The molecule has 6 nitrogen and oxygen atoms in total. The lowest BCUT2D eigenvalue weighted by atomic mass is 10.2. The molecule has 0 saturated heterocycles. The lowest BCUT2D eigenvalue weighted by Crippen LogP contribution is -2.29. The van der Waals surface area contributed by atoms with Gasteiger partial charge in [-0.3, -0.25) is 9.59 Å². The summed E-state index contributed by atoms with van der Waals surface area (Å²) in [6, 6.07) is 8.72. The molecule has 0 aliphatic carbocycles. The molecule has 0 fully saturated rings. The van der Waals surface area contributed by atoms with Crippen molar-refractivity contribution in [2.75, 3.05) is 20.2 Å². The summed E-state index contributed by atoms with van der Waals surface area (Å²) in [5, 5.41) is 13.6. The molecule has 6 heteroatoms. The zero-order valence-corrected chi connectivity index (χ0v) is 11.3. The van der Waals surface area contributed by atoms with Crippen molar-refractivity contribution in [2.45, 2.75) is 12.8 Å². The van der Waals surface area contributed by atoms with Gasteiger partial charge >= 0.3 is 0 Å². The van der Waals surface area contributed by atoms with Crippen LogP contribution in [-0.4, -0.2) is 32.0 Å². The SMILES string of the molecule is COc1ccccc1C(=O)NCCCNC(=O)CC#N. The molecule has 0 spiro atoms. The lowest BCUT2D eigenvalue weighted by molar-refractivity contribution is -0.120. The van der Waals surface area contributed by atoms with E-state index in [4.69, 9.17) is 10.00 Å². The van der Waals surface area contributed by atoms with E-state index in [9.17, 15) is 9.59 Å². The first-order chi connectivity index (χ1) is 9.69. The topological polar surface area (TPSA) is 91.2 Å². The van der Waals surface area contributed by atoms with Gasteiger partial charge in [0.05, 0.1) is 18.7 Å². The van der Waals surface area contributed by atoms with Crippen molar-refractivity contribution < 1.29 is 14.3 Å². The van der Waals surface area contributed by atoms with Gasteiger partial charge in [0.25, 0.3) is 5.91 Å². The maximum atomic E-state index is 11.9. The molecular weight excluding hydrogens is 258 g/mol. The number of rotatable bonds is 7. The van der Waals surface area contributed by atoms with Crippen molar-refractivity contribution in [1.82, 2.24) is 10.6 Å². The van der Waals surface area contributed by atoms with Gasteiger partial charge in [-0.25, -0.2) is 0 Å². The molecule has 1 aromatic carbocycles. The van der Waals surface area contributed by atoms with Crippen molar-refractivity contribution in [3.63, 3.8) is 0 Å². The zero-order chi connectivity index (χ0) is 14.8. The number of para-hydroxylation sites is 1. The minimum absolute atomic E-state index is 0.145. The van der Waals surface area contributed by atoms with E-state index in [-0.39, 0.29) is 18.2 Å². The summed E-state index contributed by atoms with van der Waals surface area (Å²) in [6.07, 6.45) is 0.450. The van der Waals surface area contributed by atoms with Crippen LogP contribution in [0.3, 0.4) is 0 Å². The first kappa shape index (κ1) is 15.5. The van der Waals surface area contributed by atoms with Gasteiger partial charge in [-0.05, 0) is 18.6 Å². The fourth-order valence-corrected chi connectivity index (χ4v) is 1.58. The molecule has 2 N–H and O–H groups in total. The molecule has 0 atom stereocenters. The summed E-state index contributed by atoms with van der Waals surface area (Å²) in [5.74, 6) is 0.00156. The maximum Gasteiger partial charge on any atom is 0.255 e. The van der Waals surface area contributed by atoms with E-state index in [2.05, 4.69) is 10.6 Å². The van der Waals surface area contributed by atoms with Gasteiger partial charge in [0, 0.05) is 13.1 Å². The second kappa shape index (κ2) is 8.53. The molecule has 2 amide bonds. The van der Waals surface area contributed by atoms with Crippen LogP contribution in [0, 0.1) is 11.3 Å². The van der Waals surface area contributed by atoms with E-state index in [1.54, 1.807) is 30.3 Å². The highest BCUT2D eigenvalue weighted by atomic mass is 16.5. The zero-order valence-electron chi connectivity index (χ0n) is 11.3. The Labute approximate surface area is 117 Å². The third kappa shape index (κ3) is 4.98. The Kier molecular flexibility index (Phi) is 6.62. The van der Waals surface area contributed by atoms with Gasteiger partial charge in [-0.2, -0.15) is 5.26 Å². The van der Waals surface area contributed by atoms with Crippen LogP contribution in [0.2, 0.25) is 0 Å². The smallest absolute Gasteiger partial charge is 0.255 e. The second-order valence-corrected chi connectivity index (χ2v) is 3.99. The van der Waals surface area contributed by atoms with Crippen molar-refractivity contribution in [1.29, 1.82) is 5.26 Å². The standard InChI is InChI=1S/C14H17N3O3/c1-20-12-6-3-2-5-11(12)14(19)17-10-4-9-16-13(18)7-8-15/h2-3,5-6H,4,7,9-10H2,1H3,(H,16,18)(H,17,19). The predicted octanol–water partition coefficient (Wildman–Crippen LogP) is 0.845. The molecule has 0 aromatic heterocycles. The van der Waals surface area contributed by atoms with Crippen molar-refractivity contribution >= 4 is 11.8 Å². The second-order valence-electron chi connectivity index (χ2n) is 3.99. The Morgan fingerprint density at radius 3 is 2.65 bits per heavy atom. The largest absolute Gasteiger partial charge is 0.496 e. The quantitative estimate of drug-likeness (QED) is 0.721. The summed E-state index contributed by atoms with van der Waals surface area (Å²) < 4.78 is 5.10. The van der Waals surface area contributed by atoms with Crippen LogP contribution in [0.25, 0.3) is 0 Å². The molecule has 1 aromatic rings. The van der Waals surface area contributed by atoms with Crippen LogP contribution >= 0.6 is 0 Å². The summed E-state index contributed by atoms with van der Waals surface area (Å²) in [4.78, 5) is 22.9. The van der Waals surface area contributed by atoms with Crippen LogP contribution in [0.4, 0.5) is 0 Å². The molecule has 0 bridgehead atoms. The van der Waals surface area contributed by atoms with Gasteiger partial charge in [-0.1, -0.05) is 12.1 Å². The number of nitrogens with zero attached hydrogens (tertiary/aromatic N) is 1. The molecule has 0 aliphatic rings. The third-order valence-corrected chi connectivity index (χ3v) is 2.55. The normalized spacial score (nSPS) is 9.40. The first-order valence-corrected chi connectivity index (χ1v) is 6.24. The molecule has 0 aliphatic heterocycles. The van der Waals surface area contributed by atoms with E-state index in [1.807, 2.05) is 0 Å². The number of carbonyl (C=O) groups excluding carboxylic acids is 2. The van der Waals surface area contributed by atoms with E-state index < -0.39 is 0 Å². The molecule has 0 radical (unpaired) electrons. The molecule has 1 rings (SSSR count). The average Bonchev–Trinajstić information content (AvgIpc) is 2.47. The molecule has 0 saturated carbocycles. The van der Waals surface area contributed by atoms with Crippen LogP contribution in [0.1, 0.15) is 23.2 Å². The number of hydrogen-bond acceptors (Lipinski definition) is 4. The highest BCUT2D eigenvalue weighted by Gasteiger charge is 2.10. The number of amides is 2. The molecular formula is C14H17N3O3. The van der Waals surface area contributed by atoms with E-state index in [0.29, 0.717) is 30.8 Å². The van der Waals surface area contributed by atoms with Crippen molar-refractivity contribution in [2.24, 2.45) is 0 Å². The monoisotopic (exact) mass is 275 g/mol. The lowest BCUT2D eigenvalue weighted by Gasteiger charge is -2.09. The summed E-state index contributed by atoms with van der Waals surface area (Å²) in [6.45, 7) is 0.858. The Morgan fingerprint density at radius 2 is 1.95 bits per heavy atom. The molecule has 0 heterocycles. The molecule has 0 unspecified atom stereocenters. The minimum Gasteiger partial charge on any atom is -0.496 e. The van der Waals surface area contributed by atoms with Gasteiger partial charge in [0.15, 0.2) is 0 Å². The maximum absolute atomic E-state index is 11.9. The van der Waals surface area contributed by atoms with E-state index in [1.165, 1.54) is 7.11 Å². The summed E-state index contributed by atoms with van der Waals surface area (Å²) in [5.41, 5.74) is 0.475. The van der Waals surface area contributed by atoms with Crippen LogP contribution in [-0.2, 0) is 4.79 Å². The predicted molar refractivity (Wildman–Crippen MR) is 73.2 cm³/mol. The summed E-state index contributed by atoms with van der Waals surface area (Å²) in [7, 11) is 1.51. The number of nitriles is 1. The van der Waals surface area contributed by atoms with Crippen LogP contribution < -0.4 is 15.4 Å². The average molecular weight is 275 g/mol.